The summed E-state index contributed by atoms with van der Waals surface area (Å²) >= 11 is 0. The number of rotatable bonds is 2. The molecule has 6 aromatic carbocycles. The third-order valence-corrected chi connectivity index (χ3v) is 6.46. The molecule has 36 heavy (non-hydrogen) atoms. The zero-order chi connectivity index (χ0) is 35.0. The molecular formula is C34H20O2. The van der Waals surface area contributed by atoms with Gasteiger partial charge in [0.2, 0.25) is 0 Å². The van der Waals surface area contributed by atoms with Crippen LogP contribution in [0.3, 0.4) is 0 Å². The average Bonchev–Trinajstić information content (AvgIpc) is 3.70. The summed E-state index contributed by atoms with van der Waals surface area (Å²) in [7, 11) is 0. The molecule has 0 N–H and O–H groups in total. The molecular weight excluding hydrogens is 440 g/mol. The van der Waals surface area contributed by atoms with E-state index < -0.39 is 84.1 Å². The molecule has 0 aliphatic rings. The van der Waals surface area contributed by atoms with Crippen molar-refractivity contribution in [2.75, 3.05) is 0 Å². The van der Waals surface area contributed by atoms with E-state index in [0.717, 1.165) is 10.8 Å². The lowest BCUT2D eigenvalue weighted by Gasteiger charge is -2.17. The maximum absolute atomic E-state index is 9.10. The van der Waals surface area contributed by atoms with Crippen molar-refractivity contribution in [3.8, 4) is 22.3 Å². The summed E-state index contributed by atoms with van der Waals surface area (Å²) in [6.45, 7) is 0. The molecule has 2 aromatic heterocycles. The van der Waals surface area contributed by atoms with Gasteiger partial charge >= 0.3 is 0 Å². The van der Waals surface area contributed by atoms with Gasteiger partial charge in [-0.1, -0.05) is 84.6 Å². The van der Waals surface area contributed by atoms with Crippen LogP contribution in [0.2, 0.25) is 0 Å². The Kier molecular flexibility index (Phi) is 2.21. The fourth-order valence-electron chi connectivity index (χ4n) is 4.93. The van der Waals surface area contributed by atoms with Crippen LogP contribution in [0.1, 0.15) is 17.8 Å². The number of hydrogen-bond donors (Lipinski definition) is 0. The Morgan fingerprint density at radius 2 is 1.08 bits per heavy atom. The van der Waals surface area contributed by atoms with Crippen LogP contribution in [0.4, 0.5) is 0 Å². The summed E-state index contributed by atoms with van der Waals surface area (Å²) in [6.07, 6.45) is 1.57. The number of hydrogen-bond acceptors (Lipinski definition) is 2. The van der Waals surface area contributed by atoms with E-state index in [2.05, 4.69) is 0 Å². The molecule has 2 heteroatoms. The maximum Gasteiger partial charge on any atom is 0.136 e. The Labute approximate surface area is 225 Å². The van der Waals surface area contributed by atoms with E-state index in [1.165, 1.54) is 0 Å². The Balaban J connectivity index is 1.64. The average molecular weight is 474 g/mol. The molecule has 2 nitrogen and oxygen atoms in total. The minimum absolute atomic E-state index is 0.0382. The maximum atomic E-state index is 9.10. The van der Waals surface area contributed by atoms with E-state index in [1.807, 2.05) is 12.1 Å². The van der Waals surface area contributed by atoms with Crippen molar-refractivity contribution >= 4 is 54.5 Å². The molecule has 2 heterocycles. The van der Waals surface area contributed by atoms with Crippen LogP contribution in [0.15, 0.2) is 130 Å². The lowest BCUT2D eigenvalue weighted by molar-refractivity contribution is 0.616. The summed E-state index contributed by atoms with van der Waals surface area (Å²) in [6, 6.07) is 2.04. The molecule has 0 bridgehead atoms. The second-order valence-electron chi connectivity index (χ2n) is 8.37. The highest BCUT2D eigenvalue weighted by molar-refractivity contribution is 6.22. The quantitative estimate of drug-likeness (QED) is 0.233. The minimum atomic E-state index is -0.717. The van der Waals surface area contributed by atoms with Crippen LogP contribution in [-0.4, -0.2) is 0 Å². The van der Waals surface area contributed by atoms with Crippen molar-refractivity contribution in [1.82, 2.24) is 0 Å². The zero-order valence-corrected chi connectivity index (χ0v) is 18.4. The largest absolute Gasteiger partial charge is 0.464 e. The van der Waals surface area contributed by atoms with Gasteiger partial charge in [-0.15, -0.1) is 0 Å². The minimum Gasteiger partial charge on any atom is -0.464 e. The molecule has 0 spiro atoms. The van der Waals surface area contributed by atoms with Crippen LogP contribution in [-0.2, 0) is 0 Å². The van der Waals surface area contributed by atoms with E-state index in [-0.39, 0.29) is 32.7 Å². The van der Waals surface area contributed by atoms with E-state index in [9.17, 15) is 0 Å². The smallest absolute Gasteiger partial charge is 0.136 e. The normalized spacial score (nSPS) is 16.9. The molecule has 0 saturated carbocycles. The first kappa shape index (κ1) is 10.8. The summed E-state index contributed by atoms with van der Waals surface area (Å²) in [5.74, 6) is 0. The highest BCUT2D eigenvalue weighted by Crippen LogP contribution is 2.44. The van der Waals surface area contributed by atoms with Gasteiger partial charge in [-0.3, -0.25) is 0 Å². The third-order valence-electron chi connectivity index (χ3n) is 6.46. The summed E-state index contributed by atoms with van der Waals surface area (Å²) in [4.78, 5) is 0. The first-order valence-electron chi connectivity index (χ1n) is 17.6. The Morgan fingerprint density at radius 1 is 0.472 bits per heavy atom. The molecule has 0 aliphatic carbocycles. The predicted molar refractivity (Wildman–Crippen MR) is 149 cm³/mol. The monoisotopic (exact) mass is 473 g/mol. The van der Waals surface area contributed by atoms with Crippen LogP contribution in [0.25, 0.3) is 76.7 Å². The number of fused-ring (bicyclic) bond motifs is 6. The molecule has 8 aromatic rings. The van der Waals surface area contributed by atoms with Crippen LogP contribution < -0.4 is 0 Å². The van der Waals surface area contributed by atoms with E-state index >= 15 is 0 Å². The van der Waals surface area contributed by atoms with Crippen molar-refractivity contribution in [3.05, 3.63) is 121 Å². The molecule has 0 fully saturated rings. The van der Waals surface area contributed by atoms with Crippen molar-refractivity contribution < 1.29 is 26.7 Å². The fraction of sp³-hybridized carbons (Fsp3) is 0. The zero-order valence-electron chi connectivity index (χ0n) is 31.4. The Morgan fingerprint density at radius 3 is 1.78 bits per heavy atom. The standard InChI is InChI=1S/C34H20O2/c1-2-8-21(9-3-1)33-25-10-4-6-12-27(25)34(28-13-7-5-11-26(28)33)23-14-15-24-29-20-30-22(16-17-35-30)18-32(29)36-31(24)19-23/h1-20H/i1D,2D,3D,4D,5D,6D,7D,8D,9D,10D,11D,12D,13D. The lowest BCUT2D eigenvalue weighted by Crippen LogP contribution is -1.90. The van der Waals surface area contributed by atoms with Gasteiger partial charge in [0.25, 0.3) is 0 Å². The lowest BCUT2D eigenvalue weighted by atomic mass is 9.86. The van der Waals surface area contributed by atoms with Gasteiger partial charge in [-0.25, -0.2) is 0 Å². The van der Waals surface area contributed by atoms with Crippen molar-refractivity contribution in [2.24, 2.45) is 0 Å². The number of furan rings is 2. The van der Waals surface area contributed by atoms with Gasteiger partial charge < -0.3 is 8.83 Å². The van der Waals surface area contributed by atoms with Gasteiger partial charge in [-0.2, -0.15) is 0 Å². The van der Waals surface area contributed by atoms with Crippen molar-refractivity contribution in [1.29, 1.82) is 0 Å². The van der Waals surface area contributed by atoms with Gasteiger partial charge in [0.05, 0.1) is 24.1 Å². The van der Waals surface area contributed by atoms with Gasteiger partial charge in [0.1, 0.15) is 16.7 Å². The highest BCUT2D eigenvalue weighted by atomic mass is 16.3. The van der Waals surface area contributed by atoms with Gasteiger partial charge in [-0.05, 0) is 74.1 Å². The first-order valence-corrected chi connectivity index (χ1v) is 11.1. The molecule has 8 rings (SSSR count). The molecule has 0 amide bonds. The first-order chi connectivity index (χ1) is 23.2. The summed E-state index contributed by atoms with van der Waals surface area (Å²) in [5, 5.41) is 1.43. The highest BCUT2D eigenvalue weighted by Gasteiger charge is 2.17. The van der Waals surface area contributed by atoms with Crippen molar-refractivity contribution in [2.45, 2.75) is 0 Å². The van der Waals surface area contributed by atoms with E-state index in [1.54, 1.807) is 30.5 Å². The molecule has 0 atom stereocenters. The number of benzene rings is 6. The van der Waals surface area contributed by atoms with Crippen molar-refractivity contribution in [3.63, 3.8) is 0 Å². The topological polar surface area (TPSA) is 26.3 Å². The van der Waals surface area contributed by atoms with Gasteiger partial charge in [0, 0.05) is 16.2 Å². The summed E-state index contributed by atoms with van der Waals surface area (Å²) < 4.78 is 125. The van der Waals surface area contributed by atoms with Crippen LogP contribution >= 0.6 is 0 Å². The SMILES string of the molecule is [2H]c1c([2H])c([2H])c(-c2c3c([2H])c([2H])c([2H])c([2H])c3c(-c3ccc4c(c3)oc3cc5ccoc5cc34)c3c([2H])c([2H])c([2H])c([2H])c23)c([2H])c1[2H]. The summed E-state index contributed by atoms with van der Waals surface area (Å²) in [5.41, 5.74) is 1.14. The Hall–Kier alpha value is -4.82. The molecule has 0 saturated heterocycles. The predicted octanol–water partition coefficient (Wildman–Crippen LogP) is 9.97. The van der Waals surface area contributed by atoms with Crippen LogP contribution in [0, 0.1) is 0 Å². The second kappa shape index (κ2) is 7.34. The Bertz CT molecular complexity index is 2710. The van der Waals surface area contributed by atoms with E-state index in [0.29, 0.717) is 27.7 Å². The second-order valence-corrected chi connectivity index (χ2v) is 8.37. The fourth-order valence-corrected chi connectivity index (χ4v) is 4.93. The third kappa shape index (κ3) is 2.73. The van der Waals surface area contributed by atoms with E-state index in [4.69, 9.17) is 26.7 Å². The molecule has 0 aliphatic heterocycles. The molecule has 0 unspecified atom stereocenters. The van der Waals surface area contributed by atoms with Gasteiger partial charge in [0.15, 0.2) is 0 Å². The molecule has 0 radical (unpaired) electrons. The van der Waals surface area contributed by atoms with Crippen LogP contribution in [0.5, 0.6) is 0 Å². The molecule has 168 valence electrons.